The van der Waals surface area contributed by atoms with Crippen LogP contribution < -0.4 is 10.6 Å². The number of hydrogen-bond acceptors (Lipinski definition) is 16. The summed E-state index contributed by atoms with van der Waals surface area (Å²) in [6, 6.07) is 10.9. The summed E-state index contributed by atoms with van der Waals surface area (Å²) in [5, 5.41) is 6.47. The Morgan fingerprint density at radius 1 is 0.461 bits per heavy atom. The number of ether oxygens (including phenoxy) is 6. The first kappa shape index (κ1) is 65.0. The van der Waals surface area contributed by atoms with E-state index in [2.05, 4.69) is 10.6 Å². The molecule has 1 heterocycles. The van der Waals surface area contributed by atoms with Crippen molar-refractivity contribution in [1.29, 1.82) is 0 Å². The minimum atomic E-state index is -1.35. The van der Waals surface area contributed by atoms with Crippen LogP contribution in [0.1, 0.15) is 120 Å². The molecular formula is C58H94N6O12. The van der Waals surface area contributed by atoms with Crippen LogP contribution >= 0.6 is 0 Å². The van der Waals surface area contributed by atoms with Crippen LogP contribution in [0.25, 0.3) is 0 Å². The normalized spacial score (nSPS) is 25.0. The maximum Gasteiger partial charge on any atom is 0.329 e. The second-order valence-electron chi connectivity index (χ2n) is 22.6. The number of nitrogens with zero attached hydrogens (tertiary/aromatic N) is 4. The Balaban J connectivity index is 2.20. The summed E-state index contributed by atoms with van der Waals surface area (Å²) in [5.41, 5.74) is 2.98. The largest absolute Gasteiger partial charge is 0.460 e. The molecule has 0 aromatic heterocycles. The molecule has 0 radical (unpaired) electrons. The fourth-order valence-corrected chi connectivity index (χ4v) is 9.26. The highest BCUT2D eigenvalue weighted by Crippen LogP contribution is 2.25. The van der Waals surface area contributed by atoms with Crippen LogP contribution in [-0.2, 0) is 70.0 Å². The molecule has 1 aliphatic heterocycles. The number of nitrogens with one attached hydrogen (secondary N) is 2. The van der Waals surface area contributed by atoms with Crippen LogP contribution in [0.2, 0.25) is 0 Å². The second kappa shape index (κ2) is 31.2. The van der Waals surface area contributed by atoms with Gasteiger partial charge in [-0.3, -0.25) is 29.0 Å². The SMILES string of the molecule is COC(C)Nc1ccc(CC2OC(=O)C(CC(C)C)N(C)CC(C)OC(=O)C(CC(C)C)N(C)C(=O)C(Cc3ccc(NC(C)OC)cc3)OC(=O)C(CC(C)C)N(C)CC(C)OC(=O)C(CC(C)C)N(C)C2=O)cc1. The highest BCUT2D eigenvalue weighted by molar-refractivity contribution is 5.90. The summed E-state index contributed by atoms with van der Waals surface area (Å²) >= 11 is 0. The number of benzene rings is 2. The number of anilines is 2. The molecule has 428 valence electrons. The van der Waals surface area contributed by atoms with Crippen molar-refractivity contribution in [1.82, 2.24) is 19.6 Å². The van der Waals surface area contributed by atoms with Gasteiger partial charge in [-0.25, -0.2) is 9.59 Å². The van der Waals surface area contributed by atoms with E-state index < -0.39 is 84.3 Å². The highest BCUT2D eigenvalue weighted by atomic mass is 16.6. The van der Waals surface area contributed by atoms with Crippen molar-refractivity contribution in [2.45, 2.75) is 183 Å². The van der Waals surface area contributed by atoms with Gasteiger partial charge in [0.05, 0.1) is 0 Å². The van der Waals surface area contributed by atoms with Gasteiger partial charge in [0.25, 0.3) is 11.8 Å². The molecule has 2 N–H and O–H groups in total. The second-order valence-corrected chi connectivity index (χ2v) is 22.6. The van der Waals surface area contributed by atoms with E-state index in [-0.39, 0.29) is 74.9 Å². The molecule has 1 saturated heterocycles. The Labute approximate surface area is 454 Å². The van der Waals surface area contributed by atoms with Crippen LogP contribution in [0, 0.1) is 23.7 Å². The van der Waals surface area contributed by atoms with E-state index in [1.807, 2.05) is 118 Å². The topological polar surface area (TPSA) is 195 Å². The monoisotopic (exact) mass is 1070 g/mol. The summed E-state index contributed by atoms with van der Waals surface area (Å²) in [4.78, 5) is 94.1. The van der Waals surface area contributed by atoms with Gasteiger partial charge in [0.15, 0.2) is 12.2 Å². The van der Waals surface area contributed by atoms with Gasteiger partial charge in [-0.05, 0) is 127 Å². The molecule has 1 aliphatic rings. The van der Waals surface area contributed by atoms with E-state index in [9.17, 15) is 28.8 Å². The molecule has 10 unspecified atom stereocenters. The quantitative estimate of drug-likeness (QED) is 0.0850. The van der Waals surface area contributed by atoms with Gasteiger partial charge in [0.2, 0.25) is 0 Å². The number of likely N-dealkylation sites (N-methyl/N-ethyl adjacent to an activating group) is 4. The van der Waals surface area contributed by atoms with Gasteiger partial charge in [-0.2, -0.15) is 0 Å². The molecule has 2 amide bonds. The van der Waals surface area contributed by atoms with E-state index in [0.717, 1.165) is 11.4 Å². The van der Waals surface area contributed by atoms with Gasteiger partial charge in [0.1, 0.15) is 48.8 Å². The van der Waals surface area contributed by atoms with E-state index in [1.165, 1.54) is 23.9 Å². The molecule has 1 fully saturated rings. The number of amides is 2. The van der Waals surface area contributed by atoms with Crippen molar-refractivity contribution in [3.8, 4) is 0 Å². The number of hydrogen-bond donors (Lipinski definition) is 2. The fourth-order valence-electron chi connectivity index (χ4n) is 9.26. The predicted molar refractivity (Wildman–Crippen MR) is 295 cm³/mol. The molecule has 18 heteroatoms. The third-order valence-corrected chi connectivity index (χ3v) is 13.6. The van der Waals surface area contributed by atoms with E-state index in [4.69, 9.17) is 28.4 Å². The molecule has 0 aliphatic carbocycles. The summed E-state index contributed by atoms with van der Waals surface area (Å²) in [6.07, 6.45) is -3.58. The molecule has 0 spiro atoms. The highest BCUT2D eigenvalue weighted by Gasteiger charge is 2.41. The number of esters is 4. The number of carbonyl (C=O) groups excluding carboxylic acids is 6. The van der Waals surface area contributed by atoms with Gasteiger partial charge in [0, 0.05) is 65.6 Å². The zero-order chi connectivity index (χ0) is 57.1. The molecule has 0 bridgehead atoms. The zero-order valence-electron chi connectivity index (χ0n) is 49.0. The molecule has 76 heavy (non-hydrogen) atoms. The van der Waals surface area contributed by atoms with Gasteiger partial charge >= 0.3 is 23.9 Å². The van der Waals surface area contributed by atoms with E-state index >= 15 is 0 Å². The van der Waals surface area contributed by atoms with Crippen molar-refractivity contribution in [2.75, 3.05) is 66.1 Å². The first-order valence-corrected chi connectivity index (χ1v) is 27.2. The molecule has 2 aromatic rings. The first-order valence-electron chi connectivity index (χ1n) is 27.2. The predicted octanol–water partition coefficient (Wildman–Crippen LogP) is 7.42. The van der Waals surface area contributed by atoms with Crippen LogP contribution in [0.3, 0.4) is 0 Å². The first-order chi connectivity index (χ1) is 35.6. The summed E-state index contributed by atoms with van der Waals surface area (Å²) in [7, 11) is 9.71. The minimum absolute atomic E-state index is 0.00144. The molecule has 2 aromatic carbocycles. The van der Waals surface area contributed by atoms with Crippen LogP contribution in [0.5, 0.6) is 0 Å². The average Bonchev–Trinajstić information content (AvgIpc) is 3.34. The molecule has 0 saturated carbocycles. The smallest absolute Gasteiger partial charge is 0.329 e. The minimum Gasteiger partial charge on any atom is -0.460 e. The van der Waals surface area contributed by atoms with Crippen molar-refractivity contribution in [2.24, 2.45) is 23.7 Å². The third kappa shape index (κ3) is 20.9. The Morgan fingerprint density at radius 3 is 1.01 bits per heavy atom. The number of cyclic esters (lactones) is 4. The van der Waals surface area contributed by atoms with Crippen molar-refractivity contribution < 1.29 is 57.2 Å². The Bertz CT molecular complexity index is 1990. The zero-order valence-corrected chi connectivity index (χ0v) is 49.0. The number of rotatable bonds is 18. The molecule has 3 rings (SSSR count). The van der Waals surface area contributed by atoms with Gasteiger partial charge in [-0.1, -0.05) is 79.7 Å². The Morgan fingerprint density at radius 2 is 0.737 bits per heavy atom. The Kier molecular flexibility index (Phi) is 26.7. The fraction of sp³-hybridized carbons (Fsp3) is 0.690. The van der Waals surface area contributed by atoms with Gasteiger partial charge in [-0.15, -0.1) is 0 Å². The van der Waals surface area contributed by atoms with Crippen LogP contribution in [0.15, 0.2) is 48.5 Å². The lowest BCUT2D eigenvalue weighted by molar-refractivity contribution is -0.171. The average molecular weight is 1070 g/mol. The van der Waals surface area contributed by atoms with Crippen LogP contribution in [-0.4, -0.2) is 172 Å². The summed E-state index contributed by atoms with van der Waals surface area (Å²) < 4.78 is 35.6. The lowest BCUT2D eigenvalue weighted by Gasteiger charge is -2.35. The van der Waals surface area contributed by atoms with E-state index in [0.29, 0.717) is 24.0 Å². The van der Waals surface area contributed by atoms with Crippen LogP contribution in [0.4, 0.5) is 11.4 Å². The van der Waals surface area contributed by atoms with Crippen molar-refractivity contribution in [3.63, 3.8) is 0 Å². The maximum absolute atomic E-state index is 14.9. The summed E-state index contributed by atoms with van der Waals surface area (Å²) in [5.74, 6) is -3.88. The Hall–Kier alpha value is -5.30. The standard InChI is InChI=1S/C58H94N6O12/c1-35(2)27-47-55(67)75-51(31-43-19-23-45(24-20-43)59-41(11)71-17)53(65)63(15)50(30-38(7)8)58(70)74-40(10)34-62(14)48(28-36(3)4)56(68)76-52(32-44-21-25-46(26-22-44)60-42(12)72-18)54(66)64(16)49(29-37(5)6)57(69)73-39(9)33-61(47)13/h19-26,35-42,47-52,59-60H,27-34H2,1-18H3. The van der Waals surface area contributed by atoms with Gasteiger partial charge < -0.3 is 48.9 Å². The molecule has 10 atom stereocenters. The molecular weight excluding hydrogens is 973 g/mol. The summed E-state index contributed by atoms with van der Waals surface area (Å²) in [6.45, 7) is 23.0. The lowest BCUT2D eigenvalue weighted by Crippen LogP contribution is -2.53. The third-order valence-electron chi connectivity index (χ3n) is 13.6. The maximum atomic E-state index is 14.9. The lowest BCUT2D eigenvalue weighted by atomic mass is 10.00. The van der Waals surface area contributed by atoms with Crippen molar-refractivity contribution >= 4 is 47.1 Å². The molecule has 18 nitrogen and oxygen atoms in total. The number of methoxy groups -OCH3 is 2. The number of carbonyl (C=O) groups is 6. The van der Waals surface area contributed by atoms with E-state index in [1.54, 1.807) is 52.0 Å². The van der Waals surface area contributed by atoms with Crippen molar-refractivity contribution in [3.05, 3.63) is 59.7 Å².